The molecule has 0 spiro atoms. The minimum absolute atomic E-state index is 0. The van der Waals surface area contributed by atoms with Crippen LogP contribution in [0.4, 0.5) is 0 Å². The Morgan fingerprint density at radius 3 is 2.52 bits per heavy atom. The predicted molar refractivity (Wildman–Crippen MR) is 119 cm³/mol. The van der Waals surface area contributed by atoms with Crippen LogP contribution < -0.4 is 5.32 Å². The lowest BCUT2D eigenvalue weighted by atomic mass is 9.82. The first kappa shape index (κ1) is 21.9. The van der Waals surface area contributed by atoms with E-state index in [1.54, 1.807) is 11.3 Å². The Morgan fingerprint density at radius 1 is 1.28 bits per heavy atom. The largest absolute Gasteiger partial charge is 0.355 e. The molecule has 0 aliphatic heterocycles. The summed E-state index contributed by atoms with van der Waals surface area (Å²) in [5.74, 6) is 0.891. The van der Waals surface area contributed by atoms with Crippen LogP contribution in [0.25, 0.3) is 0 Å². The smallest absolute Gasteiger partial charge is 0.193 e. The van der Waals surface area contributed by atoms with E-state index in [4.69, 9.17) is 0 Å². The number of guanidine groups is 1. The summed E-state index contributed by atoms with van der Waals surface area (Å²) in [6, 6.07) is 8.57. The van der Waals surface area contributed by atoms with E-state index in [0.29, 0.717) is 0 Å². The molecule has 0 bridgehead atoms. The highest BCUT2D eigenvalue weighted by Crippen LogP contribution is 2.25. The number of thiazole rings is 1. The van der Waals surface area contributed by atoms with E-state index in [9.17, 15) is 0 Å². The molecular formula is C19H29IN4S. The average molecular weight is 472 g/mol. The minimum Gasteiger partial charge on any atom is -0.355 e. The molecule has 0 saturated carbocycles. The van der Waals surface area contributed by atoms with Crippen LogP contribution in [0.3, 0.4) is 0 Å². The molecule has 1 aromatic heterocycles. The number of hydrogen-bond acceptors (Lipinski definition) is 3. The Morgan fingerprint density at radius 2 is 1.96 bits per heavy atom. The molecule has 0 unspecified atom stereocenters. The van der Waals surface area contributed by atoms with E-state index < -0.39 is 0 Å². The number of aliphatic imine (C=N–C) groups is 1. The van der Waals surface area contributed by atoms with Gasteiger partial charge in [-0.25, -0.2) is 4.98 Å². The number of nitrogens with zero attached hydrogens (tertiary/aromatic N) is 3. The topological polar surface area (TPSA) is 40.5 Å². The van der Waals surface area contributed by atoms with Crippen molar-refractivity contribution < 1.29 is 0 Å². The van der Waals surface area contributed by atoms with E-state index in [0.717, 1.165) is 29.8 Å². The molecule has 0 aliphatic rings. The van der Waals surface area contributed by atoms with Gasteiger partial charge in [-0.05, 0) is 25.0 Å². The van der Waals surface area contributed by atoms with Crippen molar-refractivity contribution in [1.29, 1.82) is 0 Å². The first-order valence-electron chi connectivity index (χ1n) is 8.22. The quantitative estimate of drug-likeness (QED) is 0.400. The Labute approximate surface area is 172 Å². The fraction of sp³-hybridized carbons (Fsp3) is 0.474. The molecular weight excluding hydrogens is 443 g/mol. The molecule has 4 nitrogen and oxygen atoms in total. The van der Waals surface area contributed by atoms with Crippen molar-refractivity contribution in [2.75, 3.05) is 20.6 Å². The van der Waals surface area contributed by atoms with Gasteiger partial charge in [0.15, 0.2) is 5.96 Å². The number of aromatic nitrogens is 1. The summed E-state index contributed by atoms with van der Waals surface area (Å²) in [4.78, 5) is 11.1. The third-order valence-corrected chi connectivity index (χ3v) is 5.02. The second-order valence-corrected chi connectivity index (χ2v) is 7.88. The Bertz CT molecular complexity index is 709. The summed E-state index contributed by atoms with van der Waals surface area (Å²) in [7, 11) is 3.87. The highest BCUT2D eigenvalue weighted by atomic mass is 127. The van der Waals surface area contributed by atoms with Gasteiger partial charge in [0.05, 0.1) is 17.2 Å². The standard InChI is InChI=1S/C19H28N4S.HI/c1-14-9-7-8-10-17(14)19(3,4)13-21-18(20-5)23(6)11-16-12-24-15(2)22-16;/h7-10,12H,11,13H2,1-6H3,(H,20,21);1H. The predicted octanol–water partition coefficient (Wildman–Crippen LogP) is 4.36. The van der Waals surface area contributed by atoms with Crippen molar-refractivity contribution in [2.45, 2.75) is 39.7 Å². The van der Waals surface area contributed by atoms with Crippen LogP contribution in [0.15, 0.2) is 34.6 Å². The molecule has 25 heavy (non-hydrogen) atoms. The fourth-order valence-electron chi connectivity index (χ4n) is 2.91. The Hall–Kier alpha value is -1.15. The molecule has 2 rings (SSSR count). The lowest BCUT2D eigenvalue weighted by molar-refractivity contribution is 0.444. The molecule has 1 N–H and O–H groups in total. The van der Waals surface area contributed by atoms with Crippen LogP contribution in [-0.2, 0) is 12.0 Å². The van der Waals surface area contributed by atoms with Gasteiger partial charge in [0.1, 0.15) is 0 Å². The maximum absolute atomic E-state index is 4.53. The lowest BCUT2D eigenvalue weighted by Crippen LogP contribution is -2.44. The van der Waals surface area contributed by atoms with E-state index in [-0.39, 0.29) is 29.4 Å². The van der Waals surface area contributed by atoms with Crippen molar-refractivity contribution >= 4 is 41.3 Å². The zero-order chi connectivity index (χ0) is 17.7. The van der Waals surface area contributed by atoms with Crippen molar-refractivity contribution in [3.63, 3.8) is 0 Å². The van der Waals surface area contributed by atoms with Crippen LogP contribution in [0.2, 0.25) is 0 Å². The molecule has 138 valence electrons. The van der Waals surface area contributed by atoms with E-state index in [2.05, 4.69) is 70.6 Å². The monoisotopic (exact) mass is 472 g/mol. The molecule has 2 aromatic rings. The molecule has 6 heteroatoms. The van der Waals surface area contributed by atoms with Gasteiger partial charge in [0.25, 0.3) is 0 Å². The van der Waals surface area contributed by atoms with Crippen molar-refractivity contribution in [3.8, 4) is 0 Å². The molecule has 0 radical (unpaired) electrons. The zero-order valence-corrected chi connectivity index (χ0v) is 19.1. The van der Waals surface area contributed by atoms with Gasteiger partial charge < -0.3 is 10.2 Å². The van der Waals surface area contributed by atoms with Gasteiger partial charge in [-0.1, -0.05) is 38.1 Å². The molecule has 1 heterocycles. The van der Waals surface area contributed by atoms with E-state index in [1.807, 2.05) is 21.0 Å². The SMILES string of the molecule is CN=C(NCC(C)(C)c1ccccc1C)N(C)Cc1csc(C)n1.I. The number of aryl methyl sites for hydroxylation is 2. The number of benzene rings is 1. The maximum atomic E-state index is 4.53. The van der Waals surface area contributed by atoms with Crippen molar-refractivity contribution in [1.82, 2.24) is 15.2 Å². The van der Waals surface area contributed by atoms with E-state index >= 15 is 0 Å². The van der Waals surface area contributed by atoms with Crippen LogP contribution in [-0.4, -0.2) is 36.5 Å². The molecule has 0 amide bonds. The third kappa shape index (κ3) is 5.95. The van der Waals surface area contributed by atoms with E-state index in [1.165, 1.54) is 11.1 Å². The fourth-order valence-corrected chi connectivity index (χ4v) is 3.51. The average Bonchev–Trinajstić information content (AvgIpc) is 2.93. The second kappa shape index (κ2) is 9.52. The van der Waals surface area contributed by atoms with Crippen LogP contribution in [0.5, 0.6) is 0 Å². The highest BCUT2D eigenvalue weighted by Gasteiger charge is 2.23. The number of rotatable bonds is 5. The Balaban J connectivity index is 0.00000312. The normalized spacial score (nSPS) is 11.8. The van der Waals surface area contributed by atoms with Gasteiger partial charge in [0, 0.05) is 31.4 Å². The highest BCUT2D eigenvalue weighted by molar-refractivity contribution is 14.0. The summed E-state index contributed by atoms with van der Waals surface area (Å²) in [6.45, 7) is 10.3. The maximum Gasteiger partial charge on any atom is 0.193 e. The Kier molecular flexibility index (Phi) is 8.34. The molecule has 0 saturated heterocycles. The summed E-state index contributed by atoms with van der Waals surface area (Å²) >= 11 is 1.68. The summed E-state index contributed by atoms with van der Waals surface area (Å²) in [5, 5.41) is 6.72. The third-order valence-electron chi connectivity index (χ3n) is 4.20. The number of hydrogen-bond donors (Lipinski definition) is 1. The summed E-state index contributed by atoms with van der Waals surface area (Å²) in [6.07, 6.45) is 0. The van der Waals surface area contributed by atoms with Crippen LogP contribution in [0.1, 0.15) is 35.7 Å². The first-order chi connectivity index (χ1) is 11.3. The summed E-state index contributed by atoms with van der Waals surface area (Å²) in [5.41, 5.74) is 3.80. The van der Waals surface area contributed by atoms with Gasteiger partial charge >= 0.3 is 0 Å². The van der Waals surface area contributed by atoms with Crippen LogP contribution >= 0.6 is 35.3 Å². The van der Waals surface area contributed by atoms with Gasteiger partial charge in [-0.15, -0.1) is 35.3 Å². The van der Waals surface area contributed by atoms with Crippen LogP contribution in [0, 0.1) is 13.8 Å². The number of halogens is 1. The minimum atomic E-state index is 0. The van der Waals surface area contributed by atoms with Gasteiger partial charge in [-0.2, -0.15) is 0 Å². The van der Waals surface area contributed by atoms with Crippen molar-refractivity contribution in [2.24, 2.45) is 4.99 Å². The first-order valence-corrected chi connectivity index (χ1v) is 9.10. The number of nitrogens with one attached hydrogen (secondary N) is 1. The second-order valence-electron chi connectivity index (χ2n) is 6.81. The molecule has 1 aromatic carbocycles. The lowest BCUT2D eigenvalue weighted by Gasteiger charge is -2.30. The molecule has 0 atom stereocenters. The molecule has 0 fully saturated rings. The zero-order valence-electron chi connectivity index (χ0n) is 16.0. The van der Waals surface area contributed by atoms with Crippen molar-refractivity contribution in [3.05, 3.63) is 51.5 Å². The molecule has 0 aliphatic carbocycles. The van der Waals surface area contributed by atoms with Gasteiger partial charge in [-0.3, -0.25) is 4.99 Å². The van der Waals surface area contributed by atoms with Gasteiger partial charge in [0.2, 0.25) is 0 Å². The summed E-state index contributed by atoms with van der Waals surface area (Å²) < 4.78 is 0.